The largest absolute Gasteiger partial charge is 0.317 e. The Morgan fingerprint density at radius 1 is 1.39 bits per heavy atom. The molecular weight excluding hydrogens is 250 g/mol. The van der Waals surface area contributed by atoms with Crippen LogP contribution in [0.4, 0.5) is 0 Å². The average Bonchev–Trinajstić information content (AvgIpc) is 2.39. The lowest BCUT2D eigenvalue weighted by Crippen LogP contribution is -2.43. The number of hydrogen-bond donors (Lipinski definition) is 2. The molecule has 0 saturated carbocycles. The molecule has 1 atom stereocenters. The average molecular weight is 269 g/mol. The maximum atomic E-state index is 12.2. The lowest BCUT2D eigenvalue weighted by molar-refractivity contribution is 0.425. The number of nitrogens with zero attached hydrogens (tertiary/aromatic N) is 1. The van der Waals surface area contributed by atoms with Crippen LogP contribution in [0.2, 0.25) is 0 Å². The third-order valence-electron chi connectivity index (χ3n) is 3.24. The normalized spacial score (nSPS) is 19.6. The molecule has 1 aromatic rings. The minimum atomic E-state index is -3.35. The van der Waals surface area contributed by atoms with Crippen LogP contribution in [-0.4, -0.2) is 32.5 Å². The van der Waals surface area contributed by atoms with E-state index in [1.807, 2.05) is 0 Å². The highest BCUT2D eigenvalue weighted by molar-refractivity contribution is 7.89. The maximum Gasteiger partial charge on any atom is 0.220 e. The van der Waals surface area contributed by atoms with Gasteiger partial charge in [-0.3, -0.25) is 4.98 Å². The Bertz CT molecular complexity index is 469. The minimum Gasteiger partial charge on any atom is -0.317 e. The Labute approximate surface area is 108 Å². The van der Waals surface area contributed by atoms with Crippen molar-refractivity contribution in [1.82, 2.24) is 15.0 Å². The van der Waals surface area contributed by atoms with Crippen LogP contribution >= 0.6 is 0 Å². The highest BCUT2D eigenvalue weighted by atomic mass is 32.2. The van der Waals surface area contributed by atoms with Crippen LogP contribution in [-0.2, 0) is 10.0 Å². The van der Waals surface area contributed by atoms with Crippen molar-refractivity contribution in [3.63, 3.8) is 0 Å². The summed E-state index contributed by atoms with van der Waals surface area (Å²) in [7, 11) is -3.35. The molecule has 0 spiro atoms. The number of piperidine rings is 1. The molecule has 0 aromatic carbocycles. The lowest BCUT2D eigenvalue weighted by Gasteiger charge is -2.25. The number of sulfonamides is 1. The van der Waals surface area contributed by atoms with Gasteiger partial charge in [-0.15, -0.1) is 0 Å². The van der Waals surface area contributed by atoms with E-state index in [4.69, 9.17) is 0 Å². The Balaban J connectivity index is 2.06. The quantitative estimate of drug-likeness (QED) is 0.848. The predicted octanol–water partition coefficient (Wildman–Crippen LogP) is 0.814. The van der Waals surface area contributed by atoms with E-state index < -0.39 is 15.3 Å². The van der Waals surface area contributed by atoms with Crippen molar-refractivity contribution in [3.05, 3.63) is 30.1 Å². The first-order valence-corrected chi connectivity index (χ1v) is 7.77. The summed E-state index contributed by atoms with van der Waals surface area (Å²) in [5.74, 6) is 0. The Morgan fingerprint density at radius 2 is 2.11 bits per heavy atom. The first kappa shape index (κ1) is 13.5. The molecule has 6 heteroatoms. The summed E-state index contributed by atoms with van der Waals surface area (Å²) < 4.78 is 27.2. The molecule has 1 fully saturated rings. The molecule has 1 saturated heterocycles. The summed E-state index contributed by atoms with van der Waals surface area (Å²) in [5, 5.41) is 2.60. The van der Waals surface area contributed by atoms with Crippen molar-refractivity contribution in [2.24, 2.45) is 0 Å². The summed E-state index contributed by atoms with van der Waals surface area (Å²) in [4.78, 5) is 4.11. The molecule has 0 bridgehead atoms. The van der Waals surface area contributed by atoms with Gasteiger partial charge in [0.1, 0.15) is 5.25 Å². The third kappa shape index (κ3) is 3.28. The molecule has 0 unspecified atom stereocenters. The topological polar surface area (TPSA) is 71.1 Å². The van der Waals surface area contributed by atoms with E-state index in [0.717, 1.165) is 25.9 Å². The van der Waals surface area contributed by atoms with E-state index in [2.05, 4.69) is 15.0 Å². The molecule has 2 rings (SSSR count). The van der Waals surface area contributed by atoms with Crippen LogP contribution in [0.25, 0.3) is 0 Å². The third-order valence-corrected chi connectivity index (χ3v) is 5.07. The number of nitrogens with one attached hydrogen (secondary N) is 2. The minimum absolute atomic E-state index is 0.0439. The van der Waals surface area contributed by atoms with Crippen LogP contribution < -0.4 is 10.0 Å². The van der Waals surface area contributed by atoms with Crippen molar-refractivity contribution >= 4 is 10.0 Å². The summed E-state index contributed by atoms with van der Waals surface area (Å²) in [6.07, 6.45) is 3.30. The standard InChI is InChI=1S/C12H19N3O2S/c1-10(12-4-2-3-7-14-12)18(16,17)15-11-5-8-13-9-6-11/h2-4,7,10-11,13,15H,5-6,8-9H2,1H3/t10-/m1/s1. The fourth-order valence-corrected chi connectivity index (χ4v) is 3.41. The Kier molecular flexibility index (Phi) is 4.31. The van der Waals surface area contributed by atoms with Gasteiger partial charge < -0.3 is 5.32 Å². The molecule has 1 aromatic heterocycles. The van der Waals surface area contributed by atoms with E-state index >= 15 is 0 Å². The van der Waals surface area contributed by atoms with Crippen molar-refractivity contribution in [1.29, 1.82) is 0 Å². The second kappa shape index (κ2) is 5.77. The summed E-state index contributed by atoms with van der Waals surface area (Å²) >= 11 is 0. The highest BCUT2D eigenvalue weighted by Crippen LogP contribution is 2.19. The van der Waals surface area contributed by atoms with Crippen LogP contribution in [0.5, 0.6) is 0 Å². The maximum absolute atomic E-state index is 12.2. The van der Waals surface area contributed by atoms with Crippen molar-refractivity contribution in [2.75, 3.05) is 13.1 Å². The molecule has 0 radical (unpaired) electrons. The van der Waals surface area contributed by atoms with Gasteiger partial charge in [0.25, 0.3) is 0 Å². The first-order valence-electron chi connectivity index (χ1n) is 6.22. The second-order valence-electron chi connectivity index (χ2n) is 4.58. The van der Waals surface area contributed by atoms with Crippen LogP contribution in [0, 0.1) is 0 Å². The second-order valence-corrected chi connectivity index (χ2v) is 6.62. The Morgan fingerprint density at radius 3 is 2.72 bits per heavy atom. The monoisotopic (exact) mass is 269 g/mol. The first-order chi connectivity index (χ1) is 8.59. The predicted molar refractivity (Wildman–Crippen MR) is 70.6 cm³/mol. The Hall–Kier alpha value is -0.980. The zero-order chi connectivity index (χ0) is 13.0. The molecule has 1 aliphatic rings. The van der Waals surface area contributed by atoms with Gasteiger partial charge in [0.15, 0.2) is 0 Å². The SMILES string of the molecule is C[C@H](c1ccccn1)S(=O)(=O)NC1CCNCC1. The summed E-state index contributed by atoms with van der Waals surface area (Å²) in [6, 6.07) is 5.37. The zero-order valence-corrected chi connectivity index (χ0v) is 11.3. The number of aromatic nitrogens is 1. The highest BCUT2D eigenvalue weighted by Gasteiger charge is 2.27. The van der Waals surface area contributed by atoms with Crippen LogP contribution in [0.15, 0.2) is 24.4 Å². The van der Waals surface area contributed by atoms with Crippen LogP contribution in [0.3, 0.4) is 0 Å². The molecule has 0 amide bonds. The smallest absolute Gasteiger partial charge is 0.220 e. The van der Waals surface area contributed by atoms with Gasteiger partial charge in [-0.2, -0.15) is 0 Å². The van der Waals surface area contributed by atoms with Gasteiger partial charge in [0, 0.05) is 12.2 Å². The van der Waals surface area contributed by atoms with E-state index in [0.29, 0.717) is 5.69 Å². The number of pyridine rings is 1. The van der Waals surface area contributed by atoms with Gasteiger partial charge in [0.2, 0.25) is 10.0 Å². The molecule has 100 valence electrons. The van der Waals surface area contributed by atoms with Gasteiger partial charge in [-0.25, -0.2) is 13.1 Å². The van der Waals surface area contributed by atoms with Crippen molar-refractivity contribution in [3.8, 4) is 0 Å². The van der Waals surface area contributed by atoms with E-state index in [1.54, 1.807) is 31.3 Å². The molecule has 2 heterocycles. The van der Waals surface area contributed by atoms with Gasteiger partial charge >= 0.3 is 0 Å². The van der Waals surface area contributed by atoms with Gasteiger partial charge in [-0.1, -0.05) is 6.07 Å². The fraction of sp³-hybridized carbons (Fsp3) is 0.583. The van der Waals surface area contributed by atoms with E-state index in [1.165, 1.54) is 0 Å². The van der Waals surface area contributed by atoms with Crippen LogP contribution in [0.1, 0.15) is 30.7 Å². The van der Waals surface area contributed by atoms with Gasteiger partial charge in [-0.05, 0) is 45.0 Å². The summed E-state index contributed by atoms with van der Waals surface area (Å²) in [6.45, 7) is 3.40. The van der Waals surface area contributed by atoms with E-state index in [9.17, 15) is 8.42 Å². The number of rotatable bonds is 4. The lowest BCUT2D eigenvalue weighted by atomic mass is 10.1. The molecule has 5 nitrogen and oxygen atoms in total. The fourth-order valence-electron chi connectivity index (χ4n) is 2.05. The molecule has 2 N–H and O–H groups in total. The number of hydrogen-bond acceptors (Lipinski definition) is 4. The molecule has 1 aliphatic heterocycles. The zero-order valence-electron chi connectivity index (χ0n) is 10.5. The molecular formula is C12H19N3O2S. The van der Waals surface area contributed by atoms with Gasteiger partial charge in [0.05, 0.1) is 5.69 Å². The molecule has 18 heavy (non-hydrogen) atoms. The van der Waals surface area contributed by atoms with Crippen molar-refractivity contribution < 1.29 is 8.42 Å². The molecule has 0 aliphatic carbocycles. The van der Waals surface area contributed by atoms with E-state index in [-0.39, 0.29) is 6.04 Å². The summed E-state index contributed by atoms with van der Waals surface area (Å²) in [5.41, 5.74) is 0.582. The van der Waals surface area contributed by atoms with Crippen molar-refractivity contribution in [2.45, 2.75) is 31.1 Å².